The summed E-state index contributed by atoms with van der Waals surface area (Å²) in [4.78, 5) is 5.69. The average Bonchev–Trinajstić information content (AvgIpc) is 3.51. The lowest BCUT2D eigenvalue weighted by molar-refractivity contribution is -0.212. The lowest BCUT2D eigenvalue weighted by atomic mass is 9.94. The Balaban J connectivity index is 1.61. The number of nitrogens with two attached hydrogens (primary N) is 1. The molecule has 1 fully saturated rings. The van der Waals surface area contributed by atoms with Gasteiger partial charge in [-0.15, -0.1) is 13.2 Å². The minimum Gasteiger partial charge on any atom is -0.402 e. The van der Waals surface area contributed by atoms with Crippen molar-refractivity contribution in [3.63, 3.8) is 0 Å². The molecule has 0 bridgehead atoms. The van der Waals surface area contributed by atoms with Gasteiger partial charge in [-0.05, 0) is 24.6 Å². The highest BCUT2D eigenvalue weighted by molar-refractivity contribution is 6.08. The zero-order valence-electron chi connectivity index (χ0n) is 18.2. The van der Waals surface area contributed by atoms with Crippen molar-refractivity contribution < 1.29 is 22.7 Å². The molecule has 1 aromatic carbocycles. The number of fused-ring (bicyclic) bond motifs is 1. The summed E-state index contributed by atoms with van der Waals surface area (Å²) in [5.41, 5.74) is 7.80. The van der Waals surface area contributed by atoms with Crippen LogP contribution < -0.4 is 10.6 Å². The van der Waals surface area contributed by atoms with Crippen LogP contribution >= 0.6 is 0 Å². The zero-order valence-corrected chi connectivity index (χ0v) is 18.2. The van der Waals surface area contributed by atoms with Gasteiger partial charge in [0.15, 0.2) is 6.23 Å². The van der Waals surface area contributed by atoms with Gasteiger partial charge in [-0.25, -0.2) is 9.37 Å². The Morgan fingerprint density at radius 2 is 1.91 bits per heavy atom. The van der Waals surface area contributed by atoms with Gasteiger partial charge in [0.1, 0.15) is 11.5 Å². The molecule has 0 radical (unpaired) electrons. The number of aliphatic hydroxyl groups excluding tert-OH is 1. The Bertz CT molecular complexity index is 1480. The molecule has 2 atom stereocenters. The maximum absolute atomic E-state index is 15.5. The van der Waals surface area contributed by atoms with Gasteiger partial charge in [0.25, 0.3) is 0 Å². The fourth-order valence-electron chi connectivity index (χ4n) is 4.33. The van der Waals surface area contributed by atoms with Crippen LogP contribution in [-0.2, 0) is 6.30 Å². The summed E-state index contributed by atoms with van der Waals surface area (Å²) < 4.78 is 55.8. The number of benzene rings is 1. The molecule has 35 heavy (non-hydrogen) atoms. The van der Waals surface area contributed by atoms with E-state index in [0.29, 0.717) is 11.3 Å². The molecule has 0 spiro atoms. The number of anilines is 1. The van der Waals surface area contributed by atoms with Crippen LogP contribution in [-0.4, -0.2) is 36.2 Å². The highest BCUT2D eigenvalue weighted by Crippen LogP contribution is 2.43. The molecule has 1 aliphatic heterocycles. The minimum atomic E-state index is -4.69. The van der Waals surface area contributed by atoms with E-state index in [9.17, 15) is 18.3 Å². The quantitative estimate of drug-likeness (QED) is 0.381. The minimum absolute atomic E-state index is 0.0827. The van der Waals surface area contributed by atoms with Gasteiger partial charge in [0.05, 0.1) is 18.0 Å². The van der Waals surface area contributed by atoms with E-state index in [2.05, 4.69) is 10.1 Å². The van der Waals surface area contributed by atoms with Gasteiger partial charge in [0.2, 0.25) is 0 Å². The number of halogens is 4. The average molecular weight is 485 g/mol. The van der Waals surface area contributed by atoms with Crippen molar-refractivity contribution in [2.24, 2.45) is 5.73 Å². The van der Waals surface area contributed by atoms with Crippen LogP contribution in [0.2, 0.25) is 0 Å². The summed E-state index contributed by atoms with van der Waals surface area (Å²) in [6.07, 6.45) is 0.742. The topological polar surface area (TPSA) is 108 Å². The van der Waals surface area contributed by atoms with Crippen molar-refractivity contribution in [2.45, 2.75) is 25.5 Å². The van der Waals surface area contributed by atoms with E-state index in [4.69, 9.17) is 11.1 Å². The van der Waals surface area contributed by atoms with E-state index in [1.165, 1.54) is 17.0 Å². The number of allylic oxidation sites excluding steroid dienone is 1. The first-order valence-corrected chi connectivity index (χ1v) is 10.4. The number of aliphatic hydroxyl groups is 1. The van der Waals surface area contributed by atoms with E-state index < -0.39 is 24.4 Å². The van der Waals surface area contributed by atoms with Gasteiger partial charge in [-0.3, -0.25) is 0 Å². The van der Waals surface area contributed by atoms with Crippen LogP contribution in [0.15, 0.2) is 72.6 Å². The summed E-state index contributed by atoms with van der Waals surface area (Å²) in [6, 6.07) is 6.41. The molecule has 4 aromatic rings. The number of imidazole rings is 1. The molecule has 180 valence electrons. The summed E-state index contributed by atoms with van der Waals surface area (Å²) in [5, 5.41) is 22.7. The Morgan fingerprint density at radius 3 is 2.57 bits per heavy atom. The van der Waals surface area contributed by atoms with E-state index in [1.807, 2.05) is 0 Å². The largest absolute Gasteiger partial charge is 0.504 e. The van der Waals surface area contributed by atoms with Crippen molar-refractivity contribution in [3.05, 3.63) is 84.0 Å². The van der Waals surface area contributed by atoms with Crippen LogP contribution in [0, 0.1) is 11.2 Å². The van der Waals surface area contributed by atoms with Crippen molar-refractivity contribution in [1.82, 2.24) is 19.2 Å². The molecule has 4 N–H and O–H groups in total. The van der Waals surface area contributed by atoms with Crippen LogP contribution in [0.25, 0.3) is 16.8 Å². The first-order chi connectivity index (χ1) is 16.6. The first kappa shape index (κ1) is 22.6. The number of alkyl halides is 3. The van der Waals surface area contributed by atoms with Crippen molar-refractivity contribution in [1.29, 1.82) is 5.41 Å². The lowest BCUT2D eigenvalue weighted by Crippen LogP contribution is -2.34. The monoisotopic (exact) mass is 485 g/mol. The predicted octanol–water partition coefficient (Wildman–Crippen LogP) is 3.95. The SMILES string of the molecule is C/C(N)=C1/C(=N)C(O)N(c2ccn3ccnc3c2)C1c1ccc(-c2cnn(C(F)(F)F)c2)cc1F. The number of hydrogen-bond acceptors (Lipinski definition) is 6. The highest BCUT2D eigenvalue weighted by Gasteiger charge is 2.44. The molecule has 2 unspecified atom stereocenters. The fourth-order valence-corrected chi connectivity index (χ4v) is 4.33. The predicted molar refractivity (Wildman–Crippen MR) is 120 cm³/mol. The first-order valence-electron chi connectivity index (χ1n) is 10.4. The molecular formula is C23H19F4N7O. The van der Waals surface area contributed by atoms with Gasteiger partial charge in [0, 0.05) is 58.9 Å². The van der Waals surface area contributed by atoms with Crippen LogP contribution in [0.3, 0.4) is 0 Å². The number of nitrogens with zero attached hydrogens (tertiary/aromatic N) is 5. The van der Waals surface area contributed by atoms with Gasteiger partial charge in [-0.2, -0.15) is 9.78 Å². The second-order valence-corrected chi connectivity index (χ2v) is 8.15. The van der Waals surface area contributed by atoms with Crippen molar-refractivity contribution in [3.8, 4) is 11.1 Å². The van der Waals surface area contributed by atoms with Crippen LogP contribution in [0.4, 0.5) is 23.2 Å². The van der Waals surface area contributed by atoms with Gasteiger partial charge < -0.3 is 25.6 Å². The third kappa shape index (κ3) is 3.71. The molecule has 0 amide bonds. The number of pyridine rings is 1. The highest BCUT2D eigenvalue weighted by atomic mass is 19.4. The van der Waals surface area contributed by atoms with E-state index in [1.54, 1.807) is 42.0 Å². The molecule has 0 saturated carbocycles. The Kier molecular flexibility index (Phi) is 5.13. The lowest BCUT2D eigenvalue weighted by Gasteiger charge is -2.30. The molecular weight excluding hydrogens is 466 g/mol. The van der Waals surface area contributed by atoms with Crippen molar-refractivity contribution in [2.75, 3.05) is 4.90 Å². The summed E-state index contributed by atoms with van der Waals surface area (Å²) in [7, 11) is 0. The molecule has 8 nitrogen and oxygen atoms in total. The summed E-state index contributed by atoms with van der Waals surface area (Å²) in [5.74, 6) is -0.736. The molecule has 4 heterocycles. The van der Waals surface area contributed by atoms with Crippen LogP contribution in [0.1, 0.15) is 18.5 Å². The van der Waals surface area contributed by atoms with Crippen molar-refractivity contribution >= 4 is 17.0 Å². The fraction of sp³-hybridized carbons (Fsp3) is 0.174. The van der Waals surface area contributed by atoms with Gasteiger partial charge >= 0.3 is 6.30 Å². The molecule has 0 aliphatic carbocycles. The Morgan fingerprint density at radius 1 is 1.14 bits per heavy atom. The molecule has 5 rings (SSSR count). The number of rotatable bonds is 3. The summed E-state index contributed by atoms with van der Waals surface area (Å²) in [6.45, 7) is 1.56. The standard InChI is InChI=1S/C23H19F4N7O/c1-12(28)19-20(29)22(35)34(15-4-6-32-7-5-30-18(32)9-15)21(19)16-3-2-13(8-17(16)24)14-10-31-33(11-14)23(25,26)27/h2-11,21-22,29,35H,28H2,1H3/b19-12+,29-20?. The number of hydrogen-bond donors (Lipinski definition) is 3. The zero-order chi connectivity index (χ0) is 25.1. The van der Waals surface area contributed by atoms with E-state index >= 15 is 4.39 Å². The van der Waals surface area contributed by atoms with Crippen LogP contribution in [0.5, 0.6) is 0 Å². The number of nitrogens with one attached hydrogen (secondary N) is 1. The third-order valence-electron chi connectivity index (χ3n) is 5.94. The maximum atomic E-state index is 15.5. The van der Waals surface area contributed by atoms with E-state index in [0.717, 1.165) is 18.5 Å². The maximum Gasteiger partial charge on any atom is 0.504 e. The molecule has 1 aliphatic rings. The second-order valence-electron chi connectivity index (χ2n) is 8.15. The second kappa shape index (κ2) is 7.94. The third-order valence-corrected chi connectivity index (χ3v) is 5.94. The smallest absolute Gasteiger partial charge is 0.402 e. The Labute approximate surface area is 196 Å². The molecule has 3 aromatic heterocycles. The molecule has 1 saturated heterocycles. The normalized spacial score (nSPS) is 20.2. The number of aromatic nitrogens is 4. The summed E-state index contributed by atoms with van der Waals surface area (Å²) >= 11 is 0. The van der Waals surface area contributed by atoms with Gasteiger partial charge in [-0.1, -0.05) is 12.1 Å². The molecule has 12 heteroatoms. The Hall–Kier alpha value is -4.19. The van der Waals surface area contributed by atoms with E-state index in [-0.39, 0.29) is 38.4 Å².